The number of rotatable bonds is 6. The molecule has 1 aromatic rings. The van der Waals surface area contributed by atoms with Gasteiger partial charge >= 0.3 is 0 Å². The van der Waals surface area contributed by atoms with Crippen molar-refractivity contribution in [3.8, 4) is 0 Å². The molecule has 2 rings (SSSR count). The van der Waals surface area contributed by atoms with E-state index >= 15 is 0 Å². The van der Waals surface area contributed by atoms with Gasteiger partial charge in [-0.05, 0) is 32.4 Å². The average Bonchev–Trinajstić information content (AvgIpc) is 2.86. The molecule has 1 N–H and O–H groups in total. The fraction of sp³-hybridized carbons (Fsp3) is 0.750. The monoisotopic (exact) mass is 252 g/mol. The lowest BCUT2D eigenvalue weighted by atomic mass is 10.1. The molecule has 6 nitrogen and oxygen atoms in total. The molecule has 0 atom stereocenters. The highest BCUT2D eigenvalue weighted by atomic mass is 16.5. The minimum atomic E-state index is -0.0352. The number of ketones is 1. The van der Waals surface area contributed by atoms with Gasteiger partial charge in [-0.15, -0.1) is 5.10 Å². The van der Waals surface area contributed by atoms with Crippen LogP contribution in [0.15, 0.2) is 6.20 Å². The molecule has 0 aromatic carbocycles. The number of nitrogens with one attached hydrogen (secondary N) is 1. The molecule has 1 aliphatic rings. The molecule has 6 heteroatoms. The summed E-state index contributed by atoms with van der Waals surface area (Å²) < 4.78 is 7.29. The van der Waals surface area contributed by atoms with Crippen molar-refractivity contribution in [2.45, 2.75) is 38.8 Å². The summed E-state index contributed by atoms with van der Waals surface area (Å²) in [7, 11) is 0. The predicted octanol–water partition coefficient (Wildman–Crippen LogP) is 0.639. The third kappa shape index (κ3) is 3.36. The lowest BCUT2D eigenvalue weighted by Crippen LogP contribution is -2.33. The van der Waals surface area contributed by atoms with Crippen LogP contribution in [0.25, 0.3) is 0 Å². The largest absolute Gasteiger partial charge is 0.370 e. The van der Waals surface area contributed by atoms with E-state index in [1.807, 2.05) is 6.92 Å². The molecular formula is C12H20N4O2. The number of Topliss-reactive ketones (excluding diaryl/α,β-unsaturated/α-hetero) is 1. The normalized spacial score (nSPS) is 16.9. The van der Waals surface area contributed by atoms with E-state index in [1.54, 1.807) is 4.68 Å². The van der Waals surface area contributed by atoms with E-state index in [0.29, 0.717) is 12.2 Å². The van der Waals surface area contributed by atoms with Gasteiger partial charge in [-0.1, -0.05) is 12.1 Å². The van der Waals surface area contributed by atoms with Gasteiger partial charge in [0.05, 0.1) is 12.3 Å². The van der Waals surface area contributed by atoms with Crippen LogP contribution in [0, 0.1) is 0 Å². The Morgan fingerprint density at radius 3 is 3.06 bits per heavy atom. The van der Waals surface area contributed by atoms with E-state index in [2.05, 4.69) is 15.6 Å². The fourth-order valence-corrected chi connectivity index (χ4v) is 2.08. The molecule has 1 aromatic heterocycles. The smallest absolute Gasteiger partial charge is 0.208 e. The first-order valence-corrected chi connectivity index (χ1v) is 6.55. The maximum atomic E-state index is 12.0. The van der Waals surface area contributed by atoms with Crippen molar-refractivity contribution in [2.75, 3.05) is 19.7 Å². The number of carbonyl (C=O) groups is 1. The summed E-state index contributed by atoms with van der Waals surface area (Å²) in [6.07, 6.45) is 4.59. The first-order valence-electron chi connectivity index (χ1n) is 6.55. The molecule has 18 heavy (non-hydrogen) atoms. The molecule has 2 heterocycles. The lowest BCUT2D eigenvalue weighted by molar-refractivity contribution is 0.0312. The van der Waals surface area contributed by atoms with Gasteiger partial charge in [-0.3, -0.25) is 4.79 Å². The fourth-order valence-electron chi connectivity index (χ4n) is 2.08. The van der Waals surface area contributed by atoms with Gasteiger partial charge in [0.1, 0.15) is 12.3 Å². The van der Waals surface area contributed by atoms with E-state index in [9.17, 15) is 4.79 Å². The van der Waals surface area contributed by atoms with Crippen molar-refractivity contribution in [1.29, 1.82) is 0 Å². The summed E-state index contributed by atoms with van der Waals surface area (Å²) >= 11 is 0. The summed E-state index contributed by atoms with van der Waals surface area (Å²) in [5.74, 6) is -0.0352. The first-order chi connectivity index (χ1) is 8.81. The zero-order chi connectivity index (χ0) is 12.8. The van der Waals surface area contributed by atoms with Crippen LogP contribution in [0.3, 0.4) is 0 Å². The zero-order valence-electron chi connectivity index (χ0n) is 10.8. The number of hydrogen-bond donors (Lipinski definition) is 1. The number of carbonyl (C=O) groups excluding carboxylic acids is 1. The van der Waals surface area contributed by atoms with Crippen molar-refractivity contribution in [1.82, 2.24) is 20.3 Å². The molecule has 100 valence electrons. The second kappa shape index (κ2) is 6.61. The van der Waals surface area contributed by atoms with Crippen molar-refractivity contribution >= 4 is 5.78 Å². The van der Waals surface area contributed by atoms with E-state index in [-0.39, 0.29) is 18.5 Å². The second-order valence-corrected chi connectivity index (χ2v) is 4.53. The molecular weight excluding hydrogens is 232 g/mol. The van der Waals surface area contributed by atoms with Gasteiger partial charge in [0, 0.05) is 6.54 Å². The number of ether oxygens (including phenoxy) is 1. The summed E-state index contributed by atoms with van der Waals surface area (Å²) in [4.78, 5) is 12.0. The van der Waals surface area contributed by atoms with Crippen LogP contribution in [0.4, 0.5) is 0 Å². The van der Waals surface area contributed by atoms with Gasteiger partial charge < -0.3 is 10.1 Å². The summed E-state index contributed by atoms with van der Waals surface area (Å²) in [6, 6.07) is 0. The topological polar surface area (TPSA) is 69.0 Å². The van der Waals surface area contributed by atoms with Crippen LogP contribution >= 0.6 is 0 Å². The Kier molecular flexibility index (Phi) is 4.83. The molecule has 0 aliphatic carbocycles. The SMILES string of the molecule is CCCn1nncc1C(=O)COC1CCNCC1. The number of nitrogens with zero attached hydrogens (tertiary/aromatic N) is 3. The van der Waals surface area contributed by atoms with Gasteiger partial charge in [0.15, 0.2) is 0 Å². The molecule has 0 radical (unpaired) electrons. The zero-order valence-corrected chi connectivity index (χ0v) is 10.8. The number of piperidine rings is 1. The maximum absolute atomic E-state index is 12.0. The summed E-state index contributed by atoms with van der Waals surface area (Å²) in [5.41, 5.74) is 0.547. The Labute approximate surface area is 107 Å². The van der Waals surface area contributed by atoms with Crippen LogP contribution in [-0.2, 0) is 11.3 Å². The average molecular weight is 252 g/mol. The van der Waals surface area contributed by atoms with Crippen LogP contribution < -0.4 is 5.32 Å². The highest BCUT2D eigenvalue weighted by Crippen LogP contribution is 2.08. The molecule has 0 amide bonds. The predicted molar refractivity (Wildman–Crippen MR) is 66.5 cm³/mol. The lowest BCUT2D eigenvalue weighted by Gasteiger charge is -2.22. The molecule has 0 bridgehead atoms. The molecule has 0 spiro atoms. The van der Waals surface area contributed by atoms with Crippen molar-refractivity contribution in [3.05, 3.63) is 11.9 Å². The summed E-state index contributed by atoms with van der Waals surface area (Å²) in [5, 5.41) is 11.0. The molecule has 1 saturated heterocycles. The Morgan fingerprint density at radius 1 is 1.56 bits per heavy atom. The minimum Gasteiger partial charge on any atom is -0.370 e. The van der Waals surface area contributed by atoms with E-state index in [0.717, 1.165) is 32.4 Å². The van der Waals surface area contributed by atoms with Crippen molar-refractivity contribution in [2.24, 2.45) is 0 Å². The number of aromatic nitrogens is 3. The second-order valence-electron chi connectivity index (χ2n) is 4.53. The quantitative estimate of drug-likeness (QED) is 0.752. The van der Waals surface area contributed by atoms with Gasteiger partial charge in [-0.25, -0.2) is 4.68 Å². The van der Waals surface area contributed by atoms with Crippen molar-refractivity contribution < 1.29 is 9.53 Å². The Morgan fingerprint density at radius 2 is 2.33 bits per heavy atom. The molecule has 0 saturated carbocycles. The Bertz CT molecular complexity index is 385. The molecule has 1 aliphatic heterocycles. The van der Waals surface area contributed by atoms with Crippen LogP contribution in [0.2, 0.25) is 0 Å². The van der Waals surface area contributed by atoms with E-state index in [4.69, 9.17) is 4.74 Å². The maximum Gasteiger partial charge on any atom is 0.208 e. The Balaban J connectivity index is 1.84. The third-order valence-corrected chi connectivity index (χ3v) is 3.08. The number of aryl methyl sites for hydroxylation is 1. The van der Waals surface area contributed by atoms with E-state index in [1.165, 1.54) is 6.20 Å². The van der Waals surface area contributed by atoms with Gasteiger partial charge in [0.2, 0.25) is 5.78 Å². The standard InChI is InChI=1S/C12H20N4O2/c1-2-7-16-11(8-14-15-16)12(17)9-18-10-3-5-13-6-4-10/h8,10,13H,2-7,9H2,1H3. The highest BCUT2D eigenvalue weighted by Gasteiger charge is 2.17. The van der Waals surface area contributed by atoms with Crippen LogP contribution in [-0.4, -0.2) is 46.6 Å². The van der Waals surface area contributed by atoms with Crippen molar-refractivity contribution in [3.63, 3.8) is 0 Å². The van der Waals surface area contributed by atoms with E-state index < -0.39 is 0 Å². The minimum absolute atomic E-state index is 0.0352. The summed E-state index contributed by atoms with van der Waals surface area (Å²) in [6.45, 7) is 4.82. The van der Waals surface area contributed by atoms with Gasteiger partial charge in [0.25, 0.3) is 0 Å². The van der Waals surface area contributed by atoms with Gasteiger partial charge in [-0.2, -0.15) is 0 Å². The third-order valence-electron chi connectivity index (χ3n) is 3.08. The first kappa shape index (κ1) is 13.2. The molecule has 1 fully saturated rings. The highest BCUT2D eigenvalue weighted by molar-refractivity contribution is 5.95. The Hall–Kier alpha value is -1.27. The number of hydrogen-bond acceptors (Lipinski definition) is 5. The van der Waals surface area contributed by atoms with Crippen LogP contribution in [0.5, 0.6) is 0 Å². The van der Waals surface area contributed by atoms with Crippen LogP contribution in [0.1, 0.15) is 36.7 Å². The molecule has 0 unspecified atom stereocenters.